The number of pyridine rings is 1. The third-order valence-electron chi connectivity index (χ3n) is 4.48. The number of hydrogen-bond donors (Lipinski definition) is 1. The van der Waals surface area contributed by atoms with Gasteiger partial charge < -0.3 is 9.67 Å². The fourth-order valence-corrected chi connectivity index (χ4v) is 4.59. The molecule has 0 spiro atoms. The van der Waals surface area contributed by atoms with Crippen LogP contribution in [0.4, 0.5) is 4.79 Å². The van der Waals surface area contributed by atoms with Crippen LogP contribution in [0.5, 0.6) is 0 Å². The second kappa shape index (κ2) is 6.55. The minimum atomic E-state index is -0.942. The van der Waals surface area contributed by atoms with Crippen molar-refractivity contribution in [2.75, 3.05) is 6.54 Å². The Kier molecular flexibility index (Phi) is 4.79. The highest BCUT2D eigenvalue weighted by atomic mass is 127. The lowest BCUT2D eigenvalue weighted by molar-refractivity contribution is 0.138. The van der Waals surface area contributed by atoms with E-state index >= 15 is 0 Å². The van der Waals surface area contributed by atoms with Crippen LogP contribution in [0.1, 0.15) is 44.5 Å². The Labute approximate surface area is 158 Å². The van der Waals surface area contributed by atoms with Gasteiger partial charge in [0.25, 0.3) is 0 Å². The number of carbonyl (C=O) groups is 1. The minimum absolute atomic E-state index is 0.0635. The lowest BCUT2D eigenvalue weighted by atomic mass is 10.1. The molecule has 0 radical (unpaired) electrons. The van der Waals surface area contributed by atoms with Crippen molar-refractivity contribution in [3.05, 3.63) is 42.7 Å². The highest BCUT2D eigenvalue weighted by Gasteiger charge is 2.34. The number of aromatic nitrogens is 1. The highest BCUT2D eigenvalue weighted by Crippen LogP contribution is 2.37. The van der Waals surface area contributed by atoms with Crippen LogP contribution in [0, 0.1) is 3.57 Å². The molecule has 1 unspecified atom stereocenters. The molecule has 0 saturated carbocycles. The number of halogens is 2. The van der Waals surface area contributed by atoms with E-state index < -0.39 is 6.09 Å². The molecule has 2 heterocycles. The van der Waals surface area contributed by atoms with Crippen molar-refractivity contribution < 1.29 is 9.90 Å². The molecule has 1 aliphatic rings. The summed E-state index contributed by atoms with van der Waals surface area (Å²) in [7, 11) is 0. The van der Waals surface area contributed by atoms with Crippen molar-refractivity contribution in [3.8, 4) is 0 Å². The minimum Gasteiger partial charge on any atom is -0.465 e. The Balaban J connectivity index is 2.38. The topological polar surface area (TPSA) is 62.5 Å². The van der Waals surface area contributed by atoms with Gasteiger partial charge in [-0.1, -0.05) is 11.6 Å². The first-order valence-corrected chi connectivity index (χ1v) is 9.31. The fraction of sp³-hybridized carbons (Fsp3) is 0.412. The molecule has 5 nitrogen and oxygen atoms in total. The van der Waals surface area contributed by atoms with Crippen molar-refractivity contribution in [3.63, 3.8) is 0 Å². The zero-order chi connectivity index (χ0) is 17.6. The Morgan fingerprint density at radius 3 is 2.75 bits per heavy atom. The van der Waals surface area contributed by atoms with E-state index in [2.05, 4.69) is 27.2 Å². The van der Waals surface area contributed by atoms with E-state index in [0.717, 1.165) is 24.1 Å². The molecule has 1 amide bonds. The Hall–Kier alpha value is -1.28. The molecule has 2 aromatic rings. The van der Waals surface area contributed by atoms with Gasteiger partial charge in [-0.05, 0) is 67.5 Å². The SMILES string of the molecule is CC(C)n1c(C2CCCN2C(=O)O)c(I)c(=O)c2ccc(Cl)cc21. The molecule has 1 atom stereocenters. The quantitative estimate of drug-likeness (QED) is 0.663. The van der Waals surface area contributed by atoms with E-state index in [0.29, 0.717) is 20.5 Å². The van der Waals surface area contributed by atoms with Crippen LogP contribution in [0.2, 0.25) is 5.02 Å². The van der Waals surface area contributed by atoms with Gasteiger partial charge in [0.2, 0.25) is 5.43 Å². The van der Waals surface area contributed by atoms with E-state index in [4.69, 9.17) is 11.6 Å². The van der Waals surface area contributed by atoms with Gasteiger partial charge in [-0.25, -0.2) is 4.79 Å². The number of rotatable bonds is 2. The molecule has 1 aromatic heterocycles. The summed E-state index contributed by atoms with van der Waals surface area (Å²) >= 11 is 8.21. The van der Waals surface area contributed by atoms with Gasteiger partial charge in [0.1, 0.15) is 0 Å². The van der Waals surface area contributed by atoms with Gasteiger partial charge in [-0.2, -0.15) is 0 Å². The maximum Gasteiger partial charge on any atom is 0.407 e. The van der Waals surface area contributed by atoms with E-state index in [1.807, 2.05) is 13.8 Å². The zero-order valence-electron chi connectivity index (χ0n) is 13.4. The molecule has 1 fully saturated rings. The molecule has 128 valence electrons. The molecule has 1 aromatic carbocycles. The van der Waals surface area contributed by atoms with Crippen molar-refractivity contribution >= 4 is 51.2 Å². The van der Waals surface area contributed by atoms with Crippen LogP contribution in [-0.2, 0) is 0 Å². The third kappa shape index (κ3) is 2.79. The van der Waals surface area contributed by atoms with Crippen LogP contribution < -0.4 is 5.43 Å². The molecule has 0 bridgehead atoms. The van der Waals surface area contributed by atoms with Crippen molar-refractivity contribution in [1.29, 1.82) is 0 Å². The molecule has 1 saturated heterocycles. The maximum atomic E-state index is 12.8. The lowest BCUT2D eigenvalue weighted by Crippen LogP contribution is -2.33. The van der Waals surface area contributed by atoms with Gasteiger partial charge in [-0.3, -0.25) is 9.69 Å². The largest absolute Gasteiger partial charge is 0.465 e. The summed E-state index contributed by atoms with van der Waals surface area (Å²) in [6.45, 7) is 4.56. The van der Waals surface area contributed by atoms with Gasteiger partial charge in [-0.15, -0.1) is 0 Å². The summed E-state index contributed by atoms with van der Waals surface area (Å²) in [5.74, 6) is 0. The van der Waals surface area contributed by atoms with Crippen molar-refractivity contribution in [1.82, 2.24) is 9.47 Å². The summed E-state index contributed by atoms with van der Waals surface area (Å²) in [6.07, 6.45) is 0.579. The molecule has 1 N–H and O–H groups in total. The van der Waals surface area contributed by atoms with Crippen LogP contribution in [0.25, 0.3) is 10.9 Å². The number of amides is 1. The first kappa shape index (κ1) is 17.5. The number of hydrogen-bond acceptors (Lipinski definition) is 2. The van der Waals surface area contributed by atoms with Crippen molar-refractivity contribution in [2.45, 2.75) is 38.8 Å². The molecular formula is C17H18ClIN2O3. The van der Waals surface area contributed by atoms with Gasteiger partial charge >= 0.3 is 6.09 Å². The normalized spacial score (nSPS) is 17.9. The van der Waals surface area contributed by atoms with Gasteiger partial charge in [0.05, 0.1) is 20.8 Å². The second-order valence-corrected chi connectivity index (χ2v) is 7.80. The smallest absolute Gasteiger partial charge is 0.407 e. The number of nitrogens with zero attached hydrogens (tertiary/aromatic N) is 2. The van der Waals surface area contributed by atoms with Crippen LogP contribution in [0.15, 0.2) is 23.0 Å². The summed E-state index contributed by atoms with van der Waals surface area (Å²) in [5.41, 5.74) is 1.48. The van der Waals surface area contributed by atoms with Crippen LogP contribution in [-0.4, -0.2) is 27.2 Å². The Bertz CT molecular complexity index is 878. The first-order valence-electron chi connectivity index (χ1n) is 7.85. The standard InChI is InChI=1S/C17H18ClIN2O3/c1-9(2)21-13-8-10(18)5-6-11(13)16(22)14(19)15(21)12-4-3-7-20(12)17(23)24/h5-6,8-9,12H,3-4,7H2,1-2H3,(H,23,24). The monoisotopic (exact) mass is 460 g/mol. The van der Waals surface area contributed by atoms with Crippen LogP contribution >= 0.6 is 34.2 Å². The highest BCUT2D eigenvalue weighted by molar-refractivity contribution is 14.1. The van der Waals surface area contributed by atoms with E-state index in [9.17, 15) is 14.7 Å². The molecule has 3 rings (SSSR count). The van der Waals surface area contributed by atoms with E-state index in [-0.39, 0.29) is 17.5 Å². The molecule has 1 aliphatic heterocycles. The maximum absolute atomic E-state index is 12.8. The summed E-state index contributed by atoms with van der Waals surface area (Å²) in [6, 6.07) is 5.02. The van der Waals surface area contributed by atoms with Gasteiger partial charge in [0.15, 0.2) is 0 Å². The van der Waals surface area contributed by atoms with E-state index in [1.54, 1.807) is 18.2 Å². The molecule has 24 heavy (non-hydrogen) atoms. The average Bonchev–Trinajstić information content (AvgIpc) is 2.99. The number of benzene rings is 1. The summed E-state index contributed by atoms with van der Waals surface area (Å²) in [5, 5.41) is 10.7. The fourth-order valence-electron chi connectivity index (χ4n) is 3.51. The summed E-state index contributed by atoms with van der Waals surface area (Å²) < 4.78 is 2.66. The molecule has 0 aliphatic carbocycles. The number of carboxylic acid groups (broad SMARTS) is 1. The molecular weight excluding hydrogens is 443 g/mol. The van der Waals surface area contributed by atoms with Gasteiger partial charge in [0, 0.05) is 23.0 Å². The first-order chi connectivity index (χ1) is 11.3. The predicted octanol–water partition coefficient (Wildman–Crippen LogP) is 4.66. The number of fused-ring (bicyclic) bond motifs is 1. The third-order valence-corrected chi connectivity index (χ3v) is 5.76. The predicted molar refractivity (Wildman–Crippen MR) is 103 cm³/mol. The average molecular weight is 461 g/mol. The second-order valence-electron chi connectivity index (χ2n) is 6.29. The zero-order valence-corrected chi connectivity index (χ0v) is 16.3. The number of likely N-dealkylation sites (tertiary alicyclic amines) is 1. The van der Waals surface area contributed by atoms with Crippen molar-refractivity contribution in [2.24, 2.45) is 0 Å². The van der Waals surface area contributed by atoms with Crippen LogP contribution in [0.3, 0.4) is 0 Å². The Morgan fingerprint density at radius 2 is 2.12 bits per heavy atom. The Morgan fingerprint density at radius 1 is 1.42 bits per heavy atom. The lowest BCUT2D eigenvalue weighted by Gasteiger charge is -2.29. The molecule has 7 heteroatoms. The van der Waals surface area contributed by atoms with E-state index in [1.165, 1.54) is 4.90 Å². The summed E-state index contributed by atoms with van der Waals surface area (Å²) in [4.78, 5) is 25.9.